The second-order valence-corrected chi connectivity index (χ2v) is 17.4. The number of benzene rings is 3. The van der Waals surface area contributed by atoms with Gasteiger partial charge in [0.2, 0.25) is 0 Å². The molecule has 1 radical (unpaired) electrons. The van der Waals surface area contributed by atoms with Crippen molar-refractivity contribution in [2.75, 3.05) is 0 Å². The van der Waals surface area contributed by atoms with Crippen molar-refractivity contribution in [1.82, 2.24) is 9.97 Å². The van der Waals surface area contributed by atoms with Gasteiger partial charge in [-0.05, 0) is 54.3 Å². The van der Waals surface area contributed by atoms with E-state index in [9.17, 15) is 0 Å². The fourth-order valence-electron chi connectivity index (χ4n) is 5.65. The number of furan rings is 1. The van der Waals surface area contributed by atoms with Gasteiger partial charge in [0.25, 0.3) is 0 Å². The Kier molecular flexibility index (Phi) is 10.6. The molecule has 3 nitrogen and oxygen atoms in total. The molecule has 0 bridgehead atoms. The zero-order valence-electron chi connectivity index (χ0n) is 26.2. The number of nitrogens with zero attached hydrogens (tertiary/aromatic N) is 2. The summed E-state index contributed by atoms with van der Waals surface area (Å²) >= 11 is 0. The molecule has 0 amide bonds. The summed E-state index contributed by atoms with van der Waals surface area (Å²) in [5, 5.41) is 3.83. The predicted octanol–water partition coefficient (Wildman–Crippen LogP) is 10.00. The standard InChI is InChI=1S/C26H30NOSi.C12H10N.Ir/c1-7-19(17(2)3)18-12-14-22(27-16-18)20-13-15-24(29(4,5)6)25-21-10-8-9-11-23(21)28-26(20)25;1-10-7-8-13-12(9-10)11-5-3-2-4-6-11;/h8-12,14-17,19H,7H2,1-6H3;2-5,7-9H,1H3;/q2*-1;. The van der Waals surface area contributed by atoms with Crippen molar-refractivity contribution < 1.29 is 24.5 Å². The molecule has 0 aliphatic rings. The van der Waals surface area contributed by atoms with Gasteiger partial charge < -0.3 is 14.4 Å². The molecule has 3 heterocycles. The van der Waals surface area contributed by atoms with E-state index in [-0.39, 0.29) is 20.1 Å². The third-order valence-electron chi connectivity index (χ3n) is 7.88. The minimum atomic E-state index is -1.56. The van der Waals surface area contributed by atoms with E-state index < -0.39 is 8.07 Å². The van der Waals surface area contributed by atoms with Crippen LogP contribution in [0.2, 0.25) is 19.6 Å². The molecule has 0 N–H and O–H groups in total. The normalized spacial score (nSPS) is 12.1. The SMILES string of the molecule is CCC(c1ccc(-c2[c-]cc([Si](C)(C)C)c3c2oc2ccccc23)nc1)C(C)C.Cc1ccnc(-c2[c-]cccc2)c1.[Ir]. The number of aromatic nitrogens is 2. The molecule has 0 fully saturated rings. The van der Waals surface area contributed by atoms with Gasteiger partial charge in [-0.15, -0.1) is 53.2 Å². The molecule has 6 rings (SSSR count). The number of hydrogen-bond acceptors (Lipinski definition) is 3. The van der Waals surface area contributed by atoms with Crippen LogP contribution in [-0.2, 0) is 20.1 Å². The molecule has 3 aromatic carbocycles. The first-order valence-corrected chi connectivity index (χ1v) is 18.4. The van der Waals surface area contributed by atoms with Crippen molar-refractivity contribution in [3.8, 4) is 22.5 Å². The molecule has 43 heavy (non-hydrogen) atoms. The Balaban J connectivity index is 0.000000253. The van der Waals surface area contributed by atoms with E-state index in [1.807, 2.05) is 48.8 Å². The summed E-state index contributed by atoms with van der Waals surface area (Å²) < 4.78 is 6.36. The van der Waals surface area contributed by atoms with Crippen molar-refractivity contribution in [1.29, 1.82) is 0 Å². The Labute approximate surface area is 271 Å². The summed E-state index contributed by atoms with van der Waals surface area (Å²) in [5.74, 6) is 1.15. The number of hydrogen-bond donors (Lipinski definition) is 0. The molecule has 0 aliphatic heterocycles. The largest absolute Gasteiger partial charge is 0.501 e. The van der Waals surface area contributed by atoms with Gasteiger partial charge in [0, 0.05) is 46.0 Å². The second kappa shape index (κ2) is 13.9. The molecule has 0 saturated heterocycles. The quantitative estimate of drug-likeness (QED) is 0.125. The molecule has 0 spiro atoms. The van der Waals surface area contributed by atoms with Crippen LogP contribution in [-0.4, -0.2) is 18.0 Å². The van der Waals surface area contributed by atoms with E-state index in [0.29, 0.717) is 11.8 Å². The number of rotatable bonds is 6. The Hall–Kier alpha value is -3.37. The first kappa shape index (κ1) is 32.5. The first-order valence-electron chi connectivity index (χ1n) is 14.9. The fraction of sp³-hybridized carbons (Fsp3) is 0.263. The van der Waals surface area contributed by atoms with Gasteiger partial charge in [0.1, 0.15) is 5.58 Å². The third-order valence-corrected chi connectivity index (χ3v) is 9.89. The van der Waals surface area contributed by atoms with Crippen molar-refractivity contribution in [3.63, 3.8) is 0 Å². The molecule has 223 valence electrons. The van der Waals surface area contributed by atoms with Crippen LogP contribution in [0.4, 0.5) is 0 Å². The molecular formula is C38H40IrN2OSi-2. The maximum absolute atomic E-state index is 6.36. The number of para-hydroxylation sites is 1. The summed E-state index contributed by atoms with van der Waals surface area (Å²) in [5.41, 5.74) is 8.31. The molecule has 1 atom stereocenters. The summed E-state index contributed by atoms with van der Waals surface area (Å²) in [7, 11) is -1.56. The maximum Gasteiger partial charge on any atom is 0.120 e. The fourth-order valence-corrected chi connectivity index (χ4v) is 7.16. The van der Waals surface area contributed by atoms with Gasteiger partial charge >= 0.3 is 0 Å². The molecule has 1 unspecified atom stereocenters. The van der Waals surface area contributed by atoms with Gasteiger partial charge in [-0.2, -0.15) is 0 Å². The molecule has 5 heteroatoms. The summed E-state index contributed by atoms with van der Waals surface area (Å²) in [6.07, 6.45) is 4.99. The van der Waals surface area contributed by atoms with E-state index >= 15 is 0 Å². The van der Waals surface area contributed by atoms with Crippen LogP contribution in [0, 0.1) is 25.0 Å². The van der Waals surface area contributed by atoms with E-state index in [1.54, 1.807) is 0 Å². The van der Waals surface area contributed by atoms with Crippen molar-refractivity contribution in [3.05, 3.63) is 115 Å². The summed E-state index contributed by atoms with van der Waals surface area (Å²) in [4.78, 5) is 9.11. The number of aryl methyl sites for hydroxylation is 1. The smallest absolute Gasteiger partial charge is 0.120 e. The Morgan fingerprint density at radius 1 is 0.884 bits per heavy atom. The molecule has 0 aliphatic carbocycles. The van der Waals surface area contributed by atoms with Crippen molar-refractivity contribution >= 4 is 35.2 Å². The van der Waals surface area contributed by atoms with Crippen LogP contribution in [0.25, 0.3) is 44.5 Å². The van der Waals surface area contributed by atoms with E-state index in [0.717, 1.165) is 40.1 Å². The minimum Gasteiger partial charge on any atom is -0.501 e. The van der Waals surface area contributed by atoms with Crippen molar-refractivity contribution in [2.24, 2.45) is 5.92 Å². The molecule has 0 saturated carbocycles. The summed E-state index contributed by atoms with van der Waals surface area (Å²) in [6, 6.07) is 33.5. The minimum absolute atomic E-state index is 0. The first-order chi connectivity index (χ1) is 20.2. The molecule has 3 aromatic heterocycles. The van der Waals surface area contributed by atoms with Gasteiger partial charge in [-0.25, -0.2) is 0 Å². The number of fused-ring (bicyclic) bond motifs is 3. The van der Waals surface area contributed by atoms with Crippen molar-refractivity contribution in [2.45, 2.75) is 59.7 Å². The predicted molar refractivity (Wildman–Crippen MR) is 180 cm³/mol. The molecular weight excluding hydrogens is 721 g/mol. The van der Waals surface area contributed by atoms with Gasteiger partial charge in [-0.3, -0.25) is 0 Å². The topological polar surface area (TPSA) is 38.9 Å². The zero-order chi connectivity index (χ0) is 29.9. The molecule has 6 aromatic rings. The average molecular weight is 761 g/mol. The second-order valence-electron chi connectivity index (χ2n) is 12.4. The van der Waals surface area contributed by atoms with Gasteiger partial charge in [0.05, 0.1) is 5.58 Å². The van der Waals surface area contributed by atoms with E-state index in [1.165, 1.54) is 27.1 Å². The van der Waals surface area contributed by atoms with Gasteiger partial charge in [0.15, 0.2) is 0 Å². The third kappa shape index (κ3) is 7.24. The van der Waals surface area contributed by atoms with E-state index in [2.05, 4.69) is 107 Å². The van der Waals surface area contributed by atoms with Crippen LogP contribution in [0.3, 0.4) is 0 Å². The van der Waals surface area contributed by atoms with Crippen LogP contribution in [0.5, 0.6) is 0 Å². The average Bonchev–Trinajstić information content (AvgIpc) is 3.37. The van der Waals surface area contributed by atoms with E-state index in [4.69, 9.17) is 9.40 Å². The monoisotopic (exact) mass is 761 g/mol. The summed E-state index contributed by atoms with van der Waals surface area (Å²) in [6.45, 7) is 16.0. The Bertz CT molecular complexity index is 1790. The van der Waals surface area contributed by atoms with Crippen LogP contribution < -0.4 is 5.19 Å². The number of pyridine rings is 2. The Morgan fingerprint density at radius 3 is 2.28 bits per heavy atom. The van der Waals surface area contributed by atoms with Gasteiger partial charge in [-0.1, -0.05) is 93.3 Å². The van der Waals surface area contributed by atoms with Crippen LogP contribution in [0.15, 0.2) is 95.7 Å². The van der Waals surface area contributed by atoms with Crippen LogP contribution >= 0.6 is 0 Å². The zero-order valence-corrected chi connectivity index (χ0v) is 29.6. The maximum atomic E-state index is 6.36. The Morgan fingerprint density at radius 2 is 1.65 bits per heavy atom. The van der Waals surface area contributed by atoms with Crippen LogP contribution in [0.1, 0.15) is 44.2 Å².